The number of nitrogens with zero attached hydrogens (tertiary/aromatic N) is 1. The first-order valence-corrected chi connectivity index (χ1v) is 5.55. The van der Waals surface area contributed by atoms with Gasteiger partial charge in [-0.3, -0.25) is 4.79 Å². The number of anilines is 1. The summed E-state index contributed by atoms with van der Waals surface area (Å²) < 4.78 is 27.7. The van der Waals surface area contributed by atoms with Crippen molar-refractivity contribution in [2.75, 3.05) is 5.32 Å². The van der Waals surface area contributed by atoms with Gasteiger partial charge in [0.05, 0.1) is 11.3 Å². The van der Waals surface area contributed by atoms with Gasteiger partial charge in [-0.05, 0) is 18.2 Å². The number of halogens is 2. The zero-order valence-corrected chi connectivity index (χ0v) is 10.4. The molecule has 1 heterocycles. The molecule has 0 radical (unpaired) electrons. The normalized spacial score (nSPS) is 10.3. The number of nitrogens with one attached hydrogen (secondary N) is 1. The maximum absolute atomic E-state index is 13.2. The van der Waals surface area contributed by atoms with Gasteiger partial charge in [-0.2, -0.15) is 0 Å². The Morgan fingerprint density at radius 2 is 1.90 bits per heavy atom. The van der Waals surface area contributed by atoms with Crippen LogP contribution in [0.3, 0.4) is 0 Å². The summed E-state index contributed by atoms with van der Waals surface area (Å²) in [5, 5.41) is 11.2. The van der Waals surface area contributed by atoms with Crippen molar-refractivity contribution in [3.63, 3.8) is 0 Å². The van der Waals surface area contributed by atoms with Gasteiger partial charge in [-0.25, -0.2) is 13.6 Å². The van der Waals surface area contributed by atoms with Crippen molar-refractivity contribution < 1.29 is 23.5 Å². The first-order chi connectivity index (χ1) is 9.40. The van der Waals surface area contributed by atoms with Crippen LogP contribution in [-0.2, 0) is 7.05 Å². The van der Waals surface area contributed by atoms with Gasteiger partial charge < -0.3 is 15.0 Å². The van der Waals surface area contributed by atoms with E-state index in [9.17, 15) is 18.4 Å². The lowest BCUT2D eigenvalue weighted by Crippen LogP contribution is -2.18. The van der Waals surface area contributed by atoms with Crippen LogP contribution < -0.4 is 5.32 Å². The molecule has 5 nitrogen and oxygen atoms in total. The Kier molecular flexibility index (Phi) is 3.51. The van der Waals surface area contributed by atoms with Crippen LogP contribution in [0, 0.1) is 11.6 Å². The number of aryl methyl sites for hydroxylation is 1. The van der Waals surface area contributed by atoms with Crippen molar-refractivity contribution in [2.24, 2.45) is 7.05 Å². The van der Waals surface area contributed by atoms with Gasteiger partial charge in [0.1, 0.15) is 5.69 Å². The van der Waals surface area contributed by atoms with Gasteiger partial charge in [0.2, 0.25) is 0 Å². The highest BCUT2D eigenvalue weighted by molar-refractivity contribution is 6.07. The lowest BCUT2D eigenvalue weighted by Gasteiger charge is -2.09. The average Bonchev–Trinajstić information content (AvgIpc) is 2.79. The highest BCUT2D eigenvalue weighted by Gasteiger charge is 2.18. The Labute approximate surface area is 112 Å². The Bertz CT molecular complexity index is 695. The number of rotatable bonds is 3. The molecular weight excluding hydrogens is 270 g/mol. The van der Waals surface area contributed by atoms with Crippen LogP contribution >= 0.6 is 0 Å². The number of benzene rings is 1. The Morgan fingerprint density at radius 1 is 1.25 bits per heavy atom. The molecule has 0 saturated carbocycles. The molecule has 0 bridgehead atoms. The molecule has 0 aliphatic carbocycles. The van der Waals surface area contributed by atoms with E-state index in [-0.39, 0.29) is 11.4 Å². The van der Waals surface area contributed by atoms with E-state index < -0.39 is 29.1 Å². The summed E-state index contributed by atoms with van der Waals surface area (Å²) in [5.74, 6) is -4.62. The zero-order valence-electron chi connectivity index (χ0n) is 10.4. The third-order valence-corrected chi connectivity index (χ3v) is 2.72. The number of hydrogen-bond acceptors (Lipinski definition) is 2. The van der Waals surface area contributed by atoms with Crippen LogP contribution in [0.15, 0.2) is 30.5 Å². The summed E-state index contributed by atoms with van der Waals surface area (Å²) in [6, 6.07) is 4.30. The molecule has 1 aromatic carbocycles. The molecule has 20 heavy (non-hydrogen) atoms. The van der Waals surface area contributed by atoms with Crippen molar-refractivity contribution in [3.05, 3.63) is 53.4 Å². The minimum atomic E-state index is -1.47. The van der Waals surface area contributed by atoms with Crippen molar-refractivity contribution in [3.8, 4) is 0 Å². The Hall–Kier alpha value is -2.70. The minimum absolute atomic E-state index is 0.256. The molecule has 0 atom stereocenters. The molecule has 0 unspecified atom stereocenters. The fraction of sp³-hybridized carbons (Fsp3) is 0.0769. The van der Waals surface area contributed by atoms with Crippen LogP contribution in [0.2, 0.25) is 0 Å². The van der Waals surface area contributed by atoms with Gasteiger partial charge in [0.25, 0.3) is 5.91 Å². The number of carbonyl (C=O) groups is 2. The topological polar surface area (TPSA) is 71.3 Å². The predicted octanol–water partition coefficient (Wildman–Crippen LogP) is 2.25. The number of carbonyl (C=O) groups excluding carboxylic acids is 1. The first-order valence-electron chi connectivity index (χ1n) is 5.55. The summed E-state index contributed by atoms with van der Waals surface area (Å²) in [5.41, 5.74) is -0.569. The summed E-state index contributed by atoms with van der Waals surface area (Å²) in [7, 11) is 1.62. The maximum atomic E-state index is 13.2. The maximum Gasteiger partial charge on any atom is 0.337 e. The Balaban J connectivity index is 2.38. The van der Waals surface area contributed by atoms with Crippen LogP contribution in [0.5, 0.6) is 0 Å². The van der Waals surface area contributed by atoms with Gasteiger partial charge in [0.15, 0.2) is 11.6 Å². The molecule has 0 aliphatic rings. The van der Waals surface area contributed by atoms with Gasteiger partial charge in [-0.15, -0.1) is 0 Å². The van der Waals surface area contributed by atoms with E-state index in [2.05, 4.69) is 5.32 Å². The molecule has 1 amide bonds. The molecule has 0 aliphatic heterocycles. The van der Waals surface area contributed by atoms with Gasteiger partial charge in [0, 0.05) is 19.3 Å². The lowest BCUT2D eigenvalue weighted by molar-refractivity contribution is 0.0697. The van der Waals surface area contributed by atoms with Gasteiger partial charge in [-0.1, -0.05) is 0 Å². The van der Waals surface area contributed by atoms with Crippen LogP contribution in [0.25, 0.3) is 0 Å². The van der Waals surface area contributed by atoms with E-state index in [0.29, 0.717) is 12.1 Å². The third-order valence-electron chi connectivity index (χ3n) is 2.72. The molecule has 0 saturated heterocycles. The number of aromatic carboxylic acids is 1. The first kappa shape index (κ1) is 13.7. The van der Waals surface area contributed by atoms with E-state index in [4.69, 9.17) is 5.11 Å². The number of carboxylic acid groups (broad SMARTS) is 1. The van der Waals surface area contributed by atoms with Crippen LogP contribution in [0.4, 0.5) is 14.5 Å². The number of hydrogen-bond donors (Lipinski definition) is 2. The van der Waals surface area contributed by atoms with E-state index in [0.717, 1.165) is 0 Å². The van der Waals surface area contributed by atoms with Gasteiger partial charge >= 0.3 is 5.97 Å². The molecule has 1 aromatic heterocycles. The molecule has 2 aromatic rings. The molecular formula is C13H10F2N2O3. The summed E-state index contributed by atoms with van der Waals surface area (Å²) in [4.78, 5) is 22.9. The lowest BCUT2D eigenvalue weighted by atomic mass is 10.1. The SMILES string of the molecule is Cn1cccc1C(=O)Nc1cc(F)c(F)cc1C(=O)O. The monoisotopic (exact) mass is 280 g/mol. The second kappa shape index (κ2) is 5.12. The molecule has 0 spiro atoms. The fourth-order valence-electron chi connectivity index (χ4n) is 1.71. The van der Waals surface area contributed by atoms with E-state index >= 15 is 0 Å². The molecule has 104 valence electrons. The number of aromatic nitrogens is 1. The zero-order chi connectivity index (χ0) is 14.9. The standard InChI is InChI=1S/C13H10F2N2O3/c1-17-4-2-3-11(17)12(18)16-10-6-9(15)8(14)5-7(10)13(19)20/h2-6H,1H3,(H,16,18)(H,19,20). The molecule has 7 heteroatoms. The quantitative estimate of drug-likeness (QED) is 0.905. The fourth-order valence-corrected chi connectivity index (χ4v) is 1.71. The van der Waals surface area contributed by atoms with Crippen molar-refractivity contribution in [1.29, 1.82) is 0 Å². The Morgan fingerprint density at radius 3 is 2.45 bits per heavy atom. The molecule has 2 rings (SSSR count). The smallest absolute Gasteiger partial charge is 0.337 e. The predicted molar refractivity (Wildman–Crippen MR) is 66.7 cm³/mol. The van der Waals surface area contributed by atoms with Crippen molar-refractivity contribution >= 4 is 17.6 Å². The molecule has 0 fully saturated rings. The van der Waals surface area contributed by atoms with E-state index in [1.165, 1.54) is 10.6 Å². The van der Waals surface area contributed by atoms with Crippen LogP contribution in [-0.4, -0.2) is 21.6 Å². The minimum Gasteiger partial charge on any atom is -0.478 e. The number of amides is 1. The summed E-state index contributed by atoms with van der Waals surface area (Å²) >= 11 is 0. The third kappa shape index (κ3) is 2.51. The van der Waals surface area contributed by atoms with Crippen LogP contribution in [0.1, 0.15) is 20.8 Å². The van der Waals surface area contributed by atoms with E-state index in [1.54, 1.807) is 19.3 Å². The van der Waals surface area contributed by atoms with Crippen molar-refractivity contribution in [2.45, 2.75) is 0 Å². The summed E-state index contributed by atoms with van der Waals surface area (Å²) in [6.07, 6.45) is 1.62. The average molecular weight is 280 g/mol. The summed E-state index contributed by atoms with van der Waals surface area (Å²) in [6.45, 7) is 0. The van der Waals surface area contributed by atoms with E-state index in [1.807, 2.05) is 0 Å². The largest absolute Gasteiger partial charge is 0.478 e. The highest BCUT2D eigenvalue weighted by atomic mass is 19.2. The highest BCUT2D eigenvalue weighted by Crippen LogP contribution is 2.21. The van der Waals surface area contributed by atoms with Crippen molar-refractivity contribution in [1.82, 2.24) is 4.57 Å². The number of carboxylic acids is 1. The molecule has 2 N–H and O–H groups in total. The second-order valence-corrected chi connectivity index (χ2v) is 4.08. The second-order valence-electron chi connectivity index (χ2n) is 4.08.